The molecule has 17 heavy (non-hydrogen) atoms. The number of anilines is 1. The summed E-state index contributed by atoms with van der Waals surface area (Å²) in [6.45, 7) is 6.05. The molecule has 2 aromatic rings. The van der Waals surface area contributed by atoms with Crippen LogP contribution in [0, 0.1) is 20.8 Å². The molecule has 2 N–H and O–H groups in total. The number of para-hydroxylation sites is 1. The molecule has 0 spiro atoms. The molecule has 0 amide bonds. The minimum Gasteiger partial charge on any atom is -0.457 e. The molecule has 0 aliphatic heterocycles. The van der Waals surface area contributed by atoms with Crippen LogP contribution in [0.25, 0.3) is 0 Å². The minimum absolute atomic E-state index is 0.807. The Morgan fingerprint density at radius 2 is 1.59 bits per heavy atom. The molecule has 0 atom stereocenters. The van der Waals surface area contributed by atoms with E-state index in [2.05, 4.69) is 6.07 Å². The second-order valence-corrected chi connectivity index (χ2v) is 4.29. The van der Waals surface area contributed by atoms with Crippen LogP contribution in [0.2, 0.25) is 0 Å². The lowest BCUT2D eigenvalue weighted by atomic mass is 10.0. The summed E-state index contributed by atoms with van der Waals surface area (Å²) in [4.78, 5) is 0. The van der Waals surface area contributed by atoms with Crippen molar-refractivity contribution in [2.24, 2.45) is 0 Å². The van der Waals surface area contributed by atoms with E-state index in [9.17, 15) is 0 Å². The molecule has 0 fully saturated rings. The molecule has 0 aromatic heterocycles. The van der Waals surface area contributed by atoms with Gasteiger partial charge in [-0.3, -0.25) is 0 Å². The van der Waals surface area contributed by atoms with Crippen LogP contribution in [0.1, 0.15) is 16.7 Å². The molecule has 0 unspecified atom stereocenters. The maximum absolute atomic E-state index is 6.03. The van der Waals surface area contributed by atoms with Crippen LogP contribution in [0.5, 0.6) is 11.5 Å². The lowest BCUT2D eigenvalue weighted by Gasteiger charge is -2.15. The second kappa shape index (κ2) is 4.50. The molecule has 0 aliphatic carbocycles. The van der Waals surface area contributed by atoms with Crippen LogP contribution in [0.4, 0.5) is 5.69 Å². The van der Waals surface area contributed by atoms with Crippen LogP contribution in [-0.4, -0.2) is 0 Å². The summed E-state index contributed by atoms with van der Waals surface area (Å²) < 4.78 is 5.90. The van der Waals surface area contributed by atoms with E-state index in [1.807, 2.05) is 51.1 Å². The molecule has 2 heteroatoms. The number of benzene rings is 2. The van der Waals surface area contributed by atoms with E-state index in [1.54, 1.807) is 0 Å². The van der Waals surface area contributed by atoms with Crippen molar-refractivity contribution in [3.8, 4) is 11.5 Å². The Morgan fingerprint density at radius 1 is 0.941 bits per heavy atom. The van der Waals surface area contributed by atoms with E-state index in [1.165, 1.54) is 0 Å². The highest BCUT2D eigenvalue weighted by atomic mass is 16.5. The third-order valence-electron chi connectivity index (χ3n) is 2.92. The maximum Gasteiger partial charge on any atom is 0.135 e. The van der Waals surface area contributed by atoms with Gasteiger partial charge in [0, 0.05) is 11.3 Å². The van der Waals surface area contributed by atoms with Gasteiger partial charge in [-0.2, -0.15) is 0 Å². The van der Waals surface area contributed by atoms with E-state index >= 15 is 0 Å². The highest BCUT2D eigenvalue weighted by molar-refractivity contribution is 5.62. The zero-order valence-corrected chi connectivity index (χ0v) is 10.4. The molecule has 2 nitrogen and oxygen atoms in total. The maximum atomic E-state index is 6.03. The highest BCUT2D eigenvalue weighted by Crippen LogP contribution is 2.33. The first-order valence-corrected chi connectivity index (χ1v) is 5.68. The van der Waals surface area contributed by atoms with Gasteiger partial charge in [0.05, 0.1) is 0 Å². The van der Waals surface area contributed by atoms with Crippen LogP contribution in [0.3, 0.4) is 0 Å². The van der Waals surface area contributed by atoms with Crippen molar-refractivity contribution in [2.45, 2.75) is 20.8 Å². The van der Waals surface area contributed by atoms with E-state index in [4.69, 9.17) is 10.5 Å². The smallest absolute Gasteiger partial charge is 0.135 e. The van der Waals surface area contributed by atoms with E-state index in [-0.39, 0.29) is 0 Å². The second-order valence-electron chi connectivity index (χ2n) is 4.29. The summed E-state index contributed by atoms with van der Waals surface area (Å²) in [5.41, 5.74) is 10.0. The molecule has 0 radical (unpaired) electrons. The Kier molecular flexibility index (Phi) is 3.05. The largest absolute Gasteiger partial charge is 0.457 e. The molecular weight excluding hydrogens is 210 g/mol. The fourth-order valence-electron chi connectivity index (χ4n) is 1.95. The Morgan fingerprint density at radius 3 is 2.24 bits per heavy atom. The van der Waals surface area contributed by atoms with Crippen molar-refractivity contribution < 1.29 is 4.74 Å². The van der Waals surface area contributed by atoms with Crippen molar-refractivity contribution >= 4 is 5.69 Å². The number of hydrogen-bond donors (Lipinski definition) is 1. The Hall–Kier alpha value is -1.96. The number of ether oxygens (including phenoxy) is 1. The van der Waals surface area contributed by atoms with Gasteiger partial charge < -0.3 is 10.5 Å². The molecule has 0 heterocycles. The van der Waals surface area contributed by atoms with Gasteiger partial charge in [0.2, 0.25) is 0 Å². The van der Waals surface area contributed by atoms with Crippen molar-refractivity contribution in [2.75, 3.05) is 5.73 Å². The molecule has 0 saturated heterocycles. The summed E-state index contributed by atoms with van der Waals surface area (Å²) in [7, 11) is 0. The van der Waals surface area contributed by atoms with Crippen molar-refractivity contribution in [3.63, 3.8) is 0 Å². The van der Waals surface area contributed by atoms with Gasteiger partial charge >= 0.3 is 0 Å². The van der Waals surface area contributed by atoms with Crippen LogP contribution in [0.15, 0.2) is 36.4 Å². The van der Waals surface area contributed by atoms with Gasteiger partial charge in [-0.25, -0.2) is 0 Å². The molecule has 0 saturated carbocycles. The molecule has 0 aliphatic rings. The fraction of sp³-hybridized carbons (Fsp3) is 0.200. The first kappa shape index (κ1) is 11.5. The standard InChI is InChI=1S/C15H17NO/c1-10-9-11(2)15(12(3)14(10)16)17-13-7-5-4-6-8-13/h4-9H,16H2,1-3H3. The SMILES string of the molecule is Cc1cc(C)c(Oc2ccccc2)c(C)c1N. The average molecular weight is 227 g/mol. The summed E-state index contributed by atoms with van der Waals surface area (Å²) in [5, 5.41) is 0. The molecule has 2 aromatic carbocycles. The first-order valence-electron chi connectivity index (χ1n) is 5.68. The highest BCUT2D eigenvalue weighted by Gasteiger charge is 2.10. The van der Waals surface area contributed by atoms with Crippen LogP contribution in [-0.2, 0) is 0 Å². The third kappa shape index (κ3) is 2.26. The number of rotatable bonds is 2. The Bertz CT molecular complexity index is 532. The van der Waals surface area contributed by atoms with Gasteiger partial charge in [-0.05, 0) is 44.0 Å². The number of aryl methyl sites for hydroxylation is 2. The summed E-state index contributed by atoms with van der Waals surface area (Å²) in [5.74, 6) is 1.70. The predicted molar refractivity (Wildman–Crippen MR) is 71.6 cm³/mol. The third-order valence-corrected chi connectivity index (χ3v) is 2.92. The van der Waals surface area contributed by atoms with Gasteiger partial charge in [0.25, 0.3) is 0 Å². The normalized spacial score (nSPS) is 10.3. The predicted octanol–water partition coefficient (Wildman–Crippen LogP) is 3.99. The summed E-state index contributed by atoms with van der Waals surface area (Å²) >= 11 is 0. The average Bonchev–Trinajstić information content (AvgIpc) is 2.33. The number of nitrogens with two attached hydrogens (primary N) is 1. The van der Waals surface area contributed by atoms with Gasteiger partial charge in [-0.15, -0.1) is 0 Å². The zero-order valence-electron chi connectivity index (χ0n) is 10.4. The van der Waals surface area contributed by atoms with E-state index < -0.39 is 0 Å². The van der Waals surface area contributed by atoms with E-state index in [0.29, 0.717) is 0 Å². The quantitative estimate of drug-likeness (QED) is 0.787. The topological polar surface area (TPSA) is 35.2 Å². The monoisotopic (exact) mass is 227 g/mol. The first-order chi connectivity index (χ1) is 8.09. The molecule has 2 rings (SSSR count). The van der Waals surface area contributed by atoms with Crippen LogP contribution >= 0.6 is 0 Å². The van der Waals surface area contributed by atoms with Gasteiger partial charge in [0.15, 0.2) is 0 Å². The summed E-state index contributed by atoms with van der Waals surface area (Å²) in [6.07, 6.45) is 0. The van der Waals surface area contributed by atoms with Crippen molar-refractivity contribution in [3.05, 3.63) is 53.1 Å². The Balaban J connectivity index is 2.43. The molecule has 88 valence electrons. The number of nitrogen functional groups attached to an aromatic ring is 1. The van der Waals surface area contributed by atoms with Crippen LogP contribution < -0.4 is 10.5 Å². The molecular formula is C15H17NO. The lowest BCUT2D eigenvalue weighted by molar-refractivity contribution is 0.475. The summed E-state index contributed by atoms with van der Waals surface area (Å²) in [6, 6.07) is 11.8. The van der Waals surface area contributed by atoms with Crippen molar-refractivity contribution in [1.82, 2.24) is 0 Å². The lowest BCUT2D eigenvalue weighted by Crippen LogP contribution is -1.99. The zero-order chi connectivity index (χ0) is 12.4. The van der Waals surface area contributed by atoms with Gasteiger partial charge in [0.1, 0.15) is 11.5 Å². The minimum atomic E-state index is 0.807. The van der Waals surface area contributed by atoms with Crippen molar-refractivity contribution in [1.29, 1.82) is 0 Å². The van der Waals surface area contributed by atoms with E-state index in [0.717, 1.165) is 33.9 Å². The number of hydrogen-bond acceptors (Lipinski definition) is 2. The fourth-order valence-corrected chi connectivity index (χ4v) is 1.95. The Labute approximate surface area is 102 Å². The molecule has 0 bridgehead atoms. The van der Waals surface area contributed by atoms with Gasteiger partial charge in [-0.1, -0.05) is 24.3 Å².